The highest BCUT2D eigenvalue weighted by atomic mass is 32.2. The van der Waals surface area contributed by atoms with E-state index in [2.05, 4.69) is 20.4 Å². The van der Waals surface area contributed by atoms with Crippen LogP contribution in [0.15, 0.2) is 35.5 Å². The smallest absolute Gasteiger partial charge is 0.255 e. The molecule has 1 aromatic carbocycles. The van der Waals surface area contributed by atoms with Crippen LogP contribution in [0.3, 0.4) is 0 Å². The molecule has 7 heteroatoms. The Kier molecular flexibility index (Phi) is 3.65. The van der Waals surface area contributed by atoms with Crippen molar-refractivity contribution < 1.29 is 4.39 Å². The van der Waals surface area contributed by atoms with Gasteiger partial charge in [0, 0.05) is 23.2 Å². The molecule has 1 saturated carbocycles. The lowest BCUT2D eigenvalue weighted by atomic mass is 10.3. The number of aromatic nitrogens is 4. The van der Waals surface area contributed by atoms with E-state index in [1.807, 2.05) is 13.0 Å². The van der Waals surface area contributed by atoms with Crippen molar-refractivity contribution in [1.29, 1.82) is 0 Å². The molecular weight excluding hydrogens is 313 g/mol. The van der Waals surface area contributed by atoms with Crippen LogP contribution in [-0.2, 0) is 0 Å². The van der Waals surface area contributed by atoms with E-state index in [0.29, 0.717) is 5.78 Å². The lowest BCUT2D eigenvalue weighted by Crippen LogP contribution is -2.02. The van der Waals surface area contributed by atoms with Crippen LogP contribution < -0.4 is 5.32 Å². The molecule has 4 rings (SSSR count). The second-order valence-electron chi connectivity index (χ2n) is 5.78. The van der Waals surface area contributed by atoms with Gasteiger partial charge < -0.3 is 5.32 Å². The Bertz CT molecular complexity index is 842. The van der Waals surface area contributed by atoms with E-state index in [0.717, 1.165) is 34.0 Å². The van der Waals surface area contributed by atoms with E-state index in [1.54, 1.807) is 28.4 Å². The van der Waals surface area contributed by atoms with Crippen molar-refractivity contribution in [1.82, 2.24) is 19.6 Å². The minimum absolute atomic E-state index is 0.258. The Hall–Kier alpha value is -2.15. The quantitative estimate of drug-likeness (QED) is 0.721. The molecule has 0 unspecified atom stereocenters. The van der Waals surface area contributed by atoms with Gasteiger partial charge in [-0.15, -0.1) is 5.10 Å². The van der Waals surface area contributed by atoms with Crippen LogP contribution in [0.25, 0.3) is 5.78 Å². The first-order valence-corrected chi connectivity index (χ1v) is 8.56. The third-order valence-corrected chi connectivity index (χ3v) is 4.75. The predicted octanol–water partition coefficient (Wildman–Crippen LogP) is 3.82. The summed E-state index contributed by atoms with van der Waals surface area (Å²) in [4.78, 5) is 8.92. The van der Waals surface area contributed by atoms with Crippen LogP contribution in [0, 0.1) is 18.7 Å². The molecular formula is C16H16FN5S. The summed E-state index contributed by atoms with van der Waals surface area (Å²) in [6, 6.07) is 8.13. The number of hydrogen-bond acceptors (Lipinski definition) is 5. The van der Waals surface area contributed by atoms with E-state index in [-0.39, 0.29) is 5.82 Å². The molecule has 2 aromatic heterocycles. The second kappa shape index (κ2) is 5.81. The Morgan fingerprint density at radius 3 is 2.78 bits per heavy atom. The van der Waals surface area contributed by atoms with E-state index >= 15 is 0 Å². The summed E-state index contributed by atoms with van der Waals surface area (Å²) in [5.74, 6) is 2.97. The summed E-state index contributed by atoms with van der Waals surface area (Å²) in [7, 11) is 0. The highest BCUT2D eigenvalue weighted by molar-refractivity contribution is 7.99. The first kappa shape index (κ1) is 14.4. The van der Waals surface area contributed by atoms with Crippen LogP contribution in [0.1, 0.15) is 18.5 Å². The molecule has 0 amide bonds. The summed E-state index contributed by atoms with van der Waals surface area (Å²) in [6.45, 7) is 1.92. The van der Waals surface area contributed by atoms with E-state index in [9.17, 15) is 4.39 Å². The minimum atomic E-state index is -0.258. The molecule has 0 spiro atoms. The maximum atomic E-state index is 13.0. The summed E-state index contributed by atoms with van der Waals surface area (Å²) in [5.41, 5.74) is 1.65. The number of fused-ring (bicyclic) bond motifs is 1. The van der Waals surface area contributed by atoms with Gasteiger partial charge in [-0.05, 0) is 49.9 Å². The number of aryl methyl sites for hydroxylation is 1. The molecule has 1 fully saturated rings. The van der Waals surface area contributed by atoms with Gasteiger partial charge in [0.2, 0.25) is 5.16 Å². The van der Waals surface area contributed by atoms with Gasteiger partial charge in [0.15, 0.2) is 0 Å². The highest BCUT2D eigenvalue weighted by Gasteiger charge is 2.22. The third kappa shape index (κ3) is 3.29. The Morgan fingerprint density at radius 2 is 2.04 bits per heavy atom. The van der Waals surface area contributed by atoms with Crippen molar-refractivity contribution in [3.8, 4) is 0 Å². The van der Waals surface area contributed by atoms with Gasteiger partial charge in [-0.3, -0.25) is 0 Å². The first-order chi connectivity index (χ1) is 11.2. The van der Waals surface area contributed by atoms with E-state index in [1.165, 1.54) is 25.0 Å². The minimum Gasteiger partial charge on any atom is -0.340 e. The zero-order chi connectivity index (χ0) is 15.8. The van der Waals surface area contributed by atoms with Gasteiger partial charge in [-0.25, -0.2) is 9.37 Å². The predicted molar refractivity (Wildman–Crippen MR) is 88.6 cm³/mol. The summed E-state index contributed by atoms with van der Waals surface area (Å²) in [6.07, 6.45) is 2.63. The molecule has 0 radical (unpaired) electrons. The zero-order valence-electron chi connectivity index (χ0n) is 12.7. The fourth-order valence-corrected chi connectivity index (χ4v) is 3.28. The fourth-order valence-electron chi connectivity index (χ4n) is 2.28. The van der Waals surface area contributed by atoms with Crippen LogP contribution >= 0.6 is 11.8 Å². The summed E-state index contributed by atoms with van der Waals surface area (Å²) >= 11 is 1.68. The molecule has 118 valence electrons. The molecule has 1 aliphatic rings. The van der Waals surface area contributed by atoms with Crippen molar-refractivity contribution in [2.75, 3.05) is 11.1 Å². The van der Waals surface area contributed by atoms with Gasteiger partial charge in [0.25, 0.3) is 5.78 Å². The molecule has 1 N–H and O–H groups in total. The highest BCUT2D eigenvalue weighted by Crippen LogP contribution is 2.34. The van der Waals surface area contributed by atoms with Crippen molar-refractivity contribution in [3.05, 3.63) is 41.8 Å². The Morgan fingerprint density at radius 1 is 1.26 bits per heavy atom. The van der Waals surface area contributed by atoms with Crippen molar-refractivity contribution in [3.63, 3.8) is 0 Å². The molecule has 0 atom stereocenters. The van der Waals surface area contributed by atoms with Gasteiger partial charge in [0.05, 0.1) is 0 Å². The van der Waals surface area contributed by atoms with Gasteiger partial charge in [-0.1, -0.05) is 11.8 Å². The number of rotatable bonds is 5. The van der Waals surface area contributed by atoms with Crippen LogP contribution in [0.5, 0.6) is 0 Å². The Balaban J connectivity index is 1.64. The fraction of sp³-hybridized carbons (Fsp3) is 0.312. The summed E-state index contributed by atoms with van der Waals surface area (Å²) < 4.78 is 14.7. The topological polar surface area (TPSA) is 55.1 Å². The number of halogens is 1. The normalized spacial score (nSPS) is 14.3. The SMILES string of the molecule is Cc1cc(Nc2ccc(F)cc2)n2nc(SCC3CC3)nc2n1. The van der Waals surface area contributed by atoms with E-state index in [4.69, 9.17) is 0 Å². The van der Waals surface area contributed by atoms with Gasteiger partial charge >= 0.3 is 0 Å². The molecule has 5 nitrogen and oxygen atoms in total. The number of nitrogens with zero attached hydrogens (tertiary/aromatic N) is 4. The van der Waals surface area contributed by atoms with Gasteiger partial charge in [0.1, 0.15) is 11.6 Å². The van der Waals surface area contributed by atoms with Crippen molar-refractivity contribution in [2.45, 2.75) is 24.9 Å². The standard InChI is InChI=1S/C16H16FN5S/c1-10-8-14(19-13-6-4-12(17)5-7-13)22-15(18-10)20-16(21-22)23-9-11-2-3-11/h4-8,11,19H,2-3,9H2,1H3. The molecule has 0 saturated heterocycles. The number of anilines is 2. The number of hydrogen-bond donors (Lipinski definition) is 1. The molecule has 2 heterocycles. The second-order valence-corrected chi connectivity index (χ2v) is 6.76. The Labute approximate surface area is 137 Å². The molecule has 23 heavy (non-hydrogen) atoms. The third-order valence-electron chi connectivity index (χ3n) is 3.68. The average Bonchev–Trinajstić information content (AvgIpc) is 3.26. The van der Waals surface area contributed by atoms with Crippen LogP contribution in [0.2, 0.25) is 0 Å². The van der Waals surface area contributed by atoms with Gasteiger partial charge in [-0.2, -0.15) is 9.50 Å². The van der Waals surface area contributed by atoms with Crippen molar-refractivity contribution in [2.24, 2.45) is 5.92 Å². The lowest BCUT2D eigenvalue weighted by molar-refractivity contribution is 0.628. The maximum absolute atomic E-state index is 13.0. The maximum Gasteiger partial charge on any atom is 0.255 e. The van der Waals surface area contributed by atoms with E-state index < -0.39 is 0 Å². The largest absolute Gasteiger partial charge is 0.340 e. The molecule has 3 aromatic rings. The zero-order valence-corrected chi connectivity index (χ0v) is 13.5. The number of benzene rings is 1. The monoisotopic (exact) mass is 329 g/mol. The van der Waals surface area contributed by atoms with Crippen molar-refractivity contribution >= 4 is 29.0 Å². The number of thioether (sulfide) groups is 1. The average molecular weight is 329 g/mol. The summed E-state index contributed by atoms with van der Waals surface area (Å²) in [5, 5.41) is 8.53. The number of nitrogens with one attached hydrogen (secondary N) is 1. The molecule has 0 aliphatic heterocycles. The molecule has 0 bridgehead atoms. The lowest BCUT2D eigenvalue weighted by Gasteiger charge is -2.08. The molecule has 1 aliphatic carbocycles. The van der Waals surface area contributed by atoms with Crippen LogP contribution in [0.4, 0.5) is 15.9 Å². The van der Waals surface area contributed by atoms with Crippen LogP contribution in [-0.4, -0.2) is 25.3 Å². The first-order valence-electron chi connectivity index (χ1n) is 7.57.